The first-order valence-corrected chi connectivity index (χ1v) is 10.7. The predicted molar refractivity (Wildman–Crippen MR) is 114 cm³/mol. The highest BCUT2D eigenvalue weighted by atomic mass is 32.1. The zero-order valence-electron chi connectivity index (χ0n) is 16.6. The van der Waals surface area contributed by atoms with E-state index in [0.717, 1.165) is 23.8 Å². The summed E-state index contributed by atoms with van der Waals surface area (Å²) in [6.45, 7) is 7.74. The van der Waals surface area contributed by atoms with E-state index in [4.69, 9.17) is 12.2 Å². The Labute approximate surface area is 168 Å². The van der Waals surface area contributed by atoms with Crippen LogP contribution >= 0.6 is 12.2 Å². The Balaban J connectivity index is 1.78. The quantitative estimate of drug-likeness (QED) is 0.738. The van der Waals surface area contributed by atoms with Crippen LogP contribution in [0.25, 0.3) is 0 Å². The van der Waals surface area contributed by atoms with Gasteiger partial charge in [-0.05, 0) is 69.1 Å². The molecule has 0 bridgehead atoms. The van der Waals surface area contributed by atoms with E-state index in [1.54, 1.807) is 0 Å². The van der Waals surface area contributed by atoms with Crippen molar-refractivity contribution in [2.75, 3.05) is 6.54 Å². The molecule has 1 saturated carbocycles. The van der Waals surface area contributed by atoms with Gasteiger partial charge in [0.15, 0.2) is 5.11 Å². The number of pyridine rings is 1. The minimum Gasteiger partial charge on any atom is -0.352 e. The molecule has 1 saturated heterocycles. The van der Waals surface area contributed by atoms with E-state index in [-0.39, 0.29) is 12.1 Å². The molecule has 4 rings (SSSR count). The maximum Gasteiger partial charge on any atom is 0.170 e. The molecule has 0 unspecified atom stereocenters. The van der Waals surface area contributed by atoms with Crippen LogP contribution in [0.4, 0.5) is 0 Å². The van der Waals surface area contributed by atoms with Crippen molar-refractivity contribution in [3.63, 3.8) is 0 Å². The van der Waals surface area contributed by atoms with Crippen LogP contribution in [0.1, 0.15) is 79.8 Å². The molecule has 27 heavy (non-hydrogen) atoms. The molecule has 0 radical (unpaired) electrons. The third-order valence-corrected chi connectivity index (χ3v) is 6.55. The van der Waals surface area contributed by atoms with E-state index in [0.29, 0.717) is 6.04 Å². The summed E-state index contributed by atoms with van der Waals surface area (Å²) in [6.07, 6.45) is 8.27. The van der Waals surface area contributed by atoms with Crippen molar-refractivity contribution in [3.8, 4) is 0 Å². The fourth-order valence-corrected chi connectivity index (χ4v) is 5.38. The van der Waals surface area contributed by atoms with Crippen LogP contribution in [-0.2, 0) is 0 Å². The lowest BCUT2D eigenvalue weighted by Crippen LogP contribution is -2.30. The Morgan fingerprint density at radius 3 is 2.67 bits per heavy atom. The zero-order chi connectivity index (χ0) is 19.0. The first-order chi connectivity index (χ1) is 13.1. The summed E-state index contributed by atoms with van der Waals surface area (Å²) in [5.74, 6) is 0. The highest BCUT2D eigenvalue weighted by Crippen LogP contribution is 2.42. The van der Waals surface area contributed by atoms with Crippen molar-refractivity contribution in [2.45, 2.75) is 71.0 Å². The third-order valence-electron chi connectivity index (χ3n) is 6.19. The van der Waals surface area contributed by atoms with E-state index in [1.165, 1.54) is 42.6 Å². The fraction of sp³-hybridized carbons (Fsp3) is 0.545. The molecule has 1 N–H and O–H groups in total. The summed E-state index contributed by atoms with van der Waals surface area (Å²) < 4.78 is 2.59. The van der Waals surface area contributed by atoms with E-state index in [2.05, 4.69) is 58.7 Å². The molecular weight excluding hydrogens is 352 g/mol. The summed E-state index contributed by atoms with van der Waals surface area (Å²) in [5.41, 5.74) is 5.24. The average Bonchev–Trinajstić information content (AvgIpc) is 3.36. The predicted octanol–water partition coefficient (Wildman–Crippen LogP) is 5.00. The number of nitrogens with one attached hydrogen (secondary N) is 1. The number of thiocarbonyl (C=S) groups is 1. The van der Waals surface area contributed by atoms with Crippen LogP contribution in [-0.4, -0.2) is 26.1 Å². The molecule has 2 aliphatic rings. The van der Waals surface area contributed by atoms with Crippen molar-refractivity contribution in [1.82, 2.24) is 19.8 Å². The van der Waals surface area contributed by atoms with Gasteiger partial charge in [-0.25, -0.2) is 0 Å². The highest BCUT2D eigenvalue weighted by molar-refractivity contribution is 7.80. The summed E-state index contributed by atoms with van der Waals surface area (Å²) >= 11 is 5.73. The maximum atomic E-state index is 5.73. The molecule has 144 valence electrons. The van der Waals surface area contributed by atoms with Crippen molar-refractivity contribution < 1.29 is 0 Å². The van der Waals surface area contributed by atoms with Crippen molar-refractivity contribution in [2.24, 2.45) is 0 Å². The summed E-state index contributed by atoms with van der Waals surface area (Å²) in [4.78, 5) is 7.02. The van der Waals surface area contributed by atoms with Gasteiger partial charge in [0.25, 0.3) is 0 Å². The molecule has 0 spiro atoms. The van der Waals surface area contributed by atoms with Gasteiger partial charge in [-0.2, -0.15) is 0 Å². The molecule has 2 fully saturated rings. The van der Waals surface area contributed by atoms with Gasteiger partial charge in [0, 0.05) is 30.2 Å². The largest absolute Gasteiger partial charge is 0.352 e. The molecule has 2 aromatic rings. The van der Waals surface area contributed by atoms with E-state index in [9.17, 15) is 0 Å². The first-order valence-electron chi connectivity index (χ1n) is 10.3. The van der Waals surface area contributed by atoms with Crippen LogP contribution in [0.5, 0.6) is 0 Å². The van der Waals surface area contributed by atoms with Crippen LogP contribution < -0.4 is 5.32 Å². The second-order valence-corrected chi connectivity index (χ2v) is 8.34. The van der Waals surface area contributed by atoms with Crippen molar-refractivity contribution in [1.29, 1.82) is 0 Å². The number of aromatic nitrogens is 2. The SMILES string of the molecule is CCCN1C(=S)N[C@H](c2ccccn2)[C@@H]1c1cc(C)n(C2CCCC2)c1C. The van der Waals surface area contributed by atoms with Gasteiger partial charge in [-0.3, -0.25) is 4.98 Å². The van der Waals surface area contributed by atoms with E-state index < -0.39 is 0 Å². The number of aryl methyl sites for hydroxylation is 1. The molecule has 1 aliphatic heterocycles. The second kappa shape index (κ2) is 7.63. The summed E-state index contributed by atoms with van der Waals surface area (Å²) in [5, 5.41) is 4.41. The number of hydrogen-bond acceptors (Lipinski definition) is 2. The molecule has 2 atom stereocenters. The van der Waals surface area contributed by atoms with Gasteiger partial charge in [0.1, 0.15) is 0 Å². The van der Waals surface area contributed by atoms with E-state index in [1.807, 2.05) is 12.3 Å². The first kappa shape index (κ1) is 18.5. The van der Waals surface area contributed by atoms with Gasteiger partial charge < -0.3 is 14.8 Å². The molecule has 3 heterocycles. The van der Waals surface area contributed by atoms with Gasteiger partial charge >= 0.3 is 0 Å². The maximum absolute atomic E-state index is 5.73. The standard InChI is InChI=1S/C22H30N4S/c1-4-13-25-21(20(24-22(25)27)19-11-7-8-12-23-19)18-14-15(2)26(16(18)3)17-9-5-6-10-17/h7-8,11-12,14,17,20-21H,4-6,9-10,13H2,1-3H3,(H,24,27)/t20-,21+/m1/s1. The lowest BCUT2D eigenvalue weighted by Gasteiger charge is -2.28. The van der Waals surface area contributed by atoms with Gasteiger partial charge in [0.05, 0.1) is 17.8 Å². The summed E-state index contributed by atoms with van der Waals surface area (Å²) in [6, 6.07) is 9.51. The number of hydrogen-bond donors (Lipinski definition) is 1. The number of nitrogens with zero attached hydrogens (tertiary/aromatic N) is 3. The fourth-order valence-electron chi connectivity index (χ4n) is 5.05. The molecule has 4 nitrogen and oxygen atoms in total. The van der Waals surface area contributed by atoms with Crippen molar-refractivity contribution >= 4 is 17.3 Å². The lowest BCUT2D eigenvalue weighted by molar-refractivity contribution is 0.315. The number of rotatable bonds is 5. The summed E-state index contributed by atoms with van der Waals surface area (Å²) in [7, 11) is 0. The Bertz CT molecular complexity index is 807. The Kier molecular flexibility index (Phi) is 5.22. The van der Waals surface area contributed by atoms with Crippen LogP contribution in [0.15, 0.2) is 30.5 Å². The molecule has 5 heteroatoms. The van der Waals surface area contributed by atoms with Crippen LogP contribution in [0.3, 0.4) is 0 Å². The minimum atomic E-state index is 0.0998. The molecule has 2 aromatic heterocycles. The third kappa shape index (κ3) is 3.27. The Hall–Kier alpha value is -1.88. The highest BCUT2D eigenvalue weighted by Gasteiger charge is 2.41. The Morgan fingerprint density at radius 1 is 1.22 bits per heavy atom. The average molecular weight is 383 g/mol. The van der Waals surface area contributed by atoms with E-state index >= 15 is 0 Å². The smallest absolute Gasteiger partial charge is 0.170 e. The monoisotopic (exact) mass is 382 g/mol. The van der Waals surface area contributed by atoms with Crippen molar-refractivity contribution in [3.05, 3.63) is 53.1 Å². The topological polar surface area (TPSA) is 33.1 Å². The molecule has 0 aromatic carbocycles. The lowest BCUT2D eigenvalue weighted by atomic mass is 9.96. The minimum absolute atomic E-state index is 0.0998. The normalized spacial score (nSPS) is 23.2. The molecule has 0 amide bonds. The zero-order valence-corrected chi connectivity index (χ0v) is 17.4. The van der Waals surface area contributed by atoms with Gasteiger partial charge in [-0.15, -0.1) is 0 Å². The van der Waals surface area contributed by atoms with Gasteiger partial charge in [0.2, 0.25) is 0 Å². The molecular formula is C22H30N4S. The second-order valence-electron chi connectivity index (χ2n) is 7.95. The van der Waals surface area contributed by atoms with Gasteiger partial charge in [-0.1, -0.05) is 25.8 Å². The van der Waals surface area contributed by atoms with Crippen LogP contribution in [0, 0.1) is 13.8 Å². The van der Waals surface area contributed by atoms with Crippen LogP contribution in [0.2, 0.25) is 0 Å². The Morgan fingerprint density at radius 2 is 2.00 bits per heavy atom. The molecule has 1 aliphatic carbocycles.